The van der Waals surface area contributed by atoms with E-state index in [1.807, 2.05) is 0 Å². The molecule has 1 aromatic rings. The van der Waals surface area contributed by atoms with Gasteiger partial charge in [-0.3, -0.25) is 4.79 Å². The summed E-state index contributed by atoms with van der Waals surface area (Å²) in [5, 5.41) is 9.80. The van der Waals surface area contributed by atoms with Gasteiger partial charge in [0.15, 0.2) is 0 Å². The normalized spacial score (nSPS) is 16.1. The molecule has 6 heteroatoms. The molecule has 0 radical (unpaired) electrons. The summed E-state index contributed by atoms with van der Waals surface area (Å²) in [5.41, 5.74) is 3.99. The lowest BCUT2D eigenvalue weighted by Crippen LogP contribution is -2.28. The summed E-state index contributed by atoms with van der Waals surface area (Å²) in [5.74, 6) is -2.67. The second-order valence-corrected chi connectivity index (χ2v) is 4.29. The molecule has 0 unspecified atom stereocenters. The van der Waals surface area contributed by atoms with Gasteiger partial charge in [0.05, 0.1) is 18.1 Å². The number of phenolic OH excluding ortho intramolecular Hbond substituents is 1. The van der Waals surface area contributed by atoms with Gasteiger partial charge in [-0.05, 0) is 25.0 Å². The highest BCUT2D eigenvalue weighted by atomic mass is 19.1. The number of benzene rings is 1. The van der Waals surface area contributed by atoms with E-state index < -0.39 is 23.1 Å². The molecule has 96 valence electrons. The molecule has 5 nitrogen and oxygen atoms in total. The Morgan fingerprint density at radius 2 is 2.06 bits per heavy atom. The number of methoxy groups -OCH3 is 1. The molecule has 0 aliphatic heterocycles. The average Bonchev–Trinajstić information content (AvgIpc) is 3.12. The number of esters is 1. The Hall–Kier alpha value is -2.11. The van der Waals surface area contributed by atoms with E-state index in [1.54, 1.807) is 0 Å². The summed E-state index contributed by atoms with van der Waals surface area (Å²) in [4.78, 5) is 22.6. The summed E-state index contributed by atoms with van der Waals surface area (Å²) >= 11 is 0. The maximum atomic E-state index is 13.7. The van der Waals surface area contributed by atoms with E-state index in [9.17, 15) is 19.1 Å². The quantitative estimate of drug-likeness (QED) is 0.781. The molecular weight excluding hydrogens is 241 g/mol. The lowest BCUT2D eigenvalue weighted by Gasteiger charge is -2.14. The van der Waals surface area contributed by atoms with Crippen molar-refractivity contribution in [1.29, 1.82) is 0 Å². The van der Waals surface area contributed by atoms with Crippen LogP contribution < -0.4 is 5.73 Å². The minimum atomic E-state index is -1.00. The molecule has 1 fully saturated rings. The van der Waals surface area contributed by atoms with Crippen molar-refractivity contribution in [3.05, 3.63) is 29.1 Å². The molecule has 1 aliphatic carbocycles. The van der Waals surface area contributed by atoms with Crippen LogP contribution in [-0.4, -0.2) is 24.1 Å². The number of primary amides is 1. The van der Waals surface area contributed by atoms with Crippen LogP contribution in [0, 0.1) is 5.82 Å². The van der Waals surface area contributed by atoms with E-state index in [1.165, 1.54) is 0 Å². The van der Waals surface area contributed by atoms with Gasteiger partial charge in [0.2, 0.25) is 5.91 Å². The number of hydrogen-bond donors (Lipinski definition) is 2. The van der Waals surface area contributed by atoms with Gasteiger partial charge in [0, 0.05) is 5.56 Å². The Balaban J connectivity index is 2.51. The van der Waals surface area contributed by atoms with Crippen molar-refractivity contribution < 1.29 is 23.8 Å². The maximum Gasteiger partial charge on any atom is 0.340 e. The number of aromatic hydroxyl groups is 1. The molecule has 2 rings (SSSR count). The van der Waals surface area contributed by atoms with Crippen LogP contribution in [0.25, 0.3) is 0 Å². The third-order valence-electron chi connectivity index (χ3n) is 3.23. The highest BCUT2D eigenvalue weighted by Gasteiger charge is 2.52. The Labute approximate surface area is 102 Å². The van der Waals surface area contributed by atoms with Crippen molar-refractivity contribution in [1.82, 2.24) is 0 Å². The average molecular weight is 253 g/mol. The smallest absolute Gasteiger partial charge is 0.340 e. The Morgan fingerprint density at radius 1 is 1.44 bits per heavy atom. The van der Waals surface area contributed by atoms with E-state index in [2.05, 4.69) is 4.74 Å². The van der Waals surface area contributed by atoms with Crippen LogP contribution in [0.15, 0.2) is 12.1 Å². The standard InChI is InChI=1S/C12H12FNO4/c1-18-10(16)6-4-9(15)7(5-8(6)13)12(2-3-12)11(14)17/h4-5,15H,2-3H2,1H3,(H2,14,17). The molecule has 0 spiro atoms. The fourth-order valence-electron chi connectivity index (χ4n) is 1.98. The topological polar surface area (TPSA) is 89.6 Å². The van der Waals surface area contributed by atoms with Crippen LogP contribution in [0.5, 0.6) is 5.75 Å². The summed E-state index contributed by atoms with van der Waals surface area (Å²) in [6, 6.07) is 1.93. The van der Waals surface area contributed by atoms with E-state index in [4.69, 9.17) is 5.73 Å². The van der Waals surface area contributed by atoms with Gasteiger partial charge in [-0.25, -0.2) is 9.18 Å². The molecule has 0 saturated heterocycles. The Kier molecular flexibility index (Phi) is 2.73. The van der Waals surface area contributed by atoms with Gasteiger partial charge in [0.1, 0.15) is 11.6 Å². The van der Waals surface area contributed by atoms with Gasteiger partial charge in [-0.15, -0.1) is 0 Å². The second kappa shape index (κ2) is 3.97. The Bertz CT molecular complexity index is 537. The number of ether oxygens (including phenoxy) is 1. The fourth-order valence-corrected chi connectivity index (χ4v) is 1.98. The van der Waals surface area contributed by atoms with Crippen LogP contribution in [0.2, 0.25) is 0 Å². The molecule has 1 aromatic carbocycles. The molecule has 3 N–H and O–H groups in total. The molecule has 0 atom stereocenters. The van der Waals surface area contributed by atoms with Crippen LogP contribution in [0.4, 0.5) is 4.39 Å². The number of carbonyl (C=O) groups excluding carboxylic acids is 2. The first-order valence-corrected chi connectivity index (χ1v) is 5.33. The summed E-state index contributed by atoms with van der Waals surface area (Å²) < 4.78 is 18.1. The zero-order valence-corrected chi connectivity index (χ0v) is 9.70. The van der Waals surface area contributed by atoms with Gasteiger partial charge >= 0.3 is 5.97 Å². The molecule has 1 amide bonds. The first-order valence-electron chi connectivity index (χ1n) is 5.33. The van der Waals surface area contributed by atoms with E-state index in [0.717, 1.165) is 19.2 Å². The van der Waals surface area contributed by atoms with E-state index >= 15 is 0 Å². The van der Waals surface area contributed by atoms with Crippen molar-refractivity contribution in [3.8, 4) is 5.75 Å². The first-order chi connectivity index (χ1) is 8.42. The van der Waals surface area contributed by atoms with Gasteiger partial charge in [-0.1, -0.05) is 0 Å². The van der Waals surface area contributed by atoms with Gasteiger partial charge in [0.25, 0.3) is 0 Å². The molecular formula is C12H12FNO4. The zero-order valence-electron chi connectivity index (χ0n) is 9.70. The number of carbonyl (C=O) groups is 2. The van der Waals surface area contributed by atoms with Crippen molar-refractivity contribution >= 4 is 11.9 Å². The second-order valence-electron chi connectivity index (χ2n) is 4.29. The molecule has 18 heavy (non-hydrogen) atoms. The van der Waals surface area contributed by atoms with Crippen molar-refractivity contribution in [2.45, 2.75) is 18.3 Å². The van der Waals surface area contributed by atoms with E-state index in [-0.39, 0.29) is 16.9 Å². The minimum absolute atomic E-state index is 0.125. The van der Waals surface area contributed by atoms with Crippen LogP contribution in [-0.2, 0) is 14.9 Å². The van der Waals surface area contributed by atoms with Crippen molar-refractivity contribution in [2.24, 2.45) is 5.73 Å². The SMILES string of the molecule is COC(=O)c1cc(O)c(C2(C(N)=O)CC2)cc1F. The maximum absolute atomic E-state index is 13.7. The minimum Gasteiger partial charge on any atom is -0.508 e. The van der Waals surface area contributed by atoms with Crippen molar-refractivity contribution in [3.63, 3.8) is 0 Å². The lowest BCUT2D eigenvalue weighted by molar-refractivity contribution is -0.120. The lowest BCUT2D eigenvalue weighted by atomic mass is 9.93. The zero-order chi connectivity index (χ0) is 13.5. The Morgan fingerprint density at radius 3 is 2.50 bits per heavy atom. The van der Waals surface area contributed by atoms with Crippen LogP contribution >= 0.6 is 0 Å². The summed E-state index contributed by atoms with van der Waals surface area (Å²) in [6.45, 7) is 0. The molecule has 1 aliphatic rings. The third kappa shape index (κ3) is 1.70. The molecule has 0 bridgehead atoms. The number of amides is 1. The predicted molar refractivity (Wildman–Crippen MR) is 59.5 cm³/mol. The van der Waals surface area contributed by atoms with Crippen LogP contribution in [0.1, 0.15) is 28.8 Å². The van der Waals surface area contributed by atoms with Gasteiger partial charge < -0.3 is 15.6 Å². The number of hydrogen-bond acceptors (Lipinski definition) is 4. The summed E-state index contributed by atoms with van der Waals surface area (Å²) in [6.07, 6.45) is 0.930. The molecule has 0 heterocycles. The predicted octanol–water partition coefficient (Wildman–Crippen LogP) is 0.835. The third-order valence-corrected chi connectivity index (χ3v) is 3.23. The number of nitrogens with two attached hydrogens (primary N) is 1. The summed E-state index contributed by atoms with van der Waals surface area (Å²) in [7, 11) is 1.11. The van der Waals surface area contributed by atoms with E-state index in [0.29, 0.717) is 12.8 Å². The molecule has 1 saturated carbocycles. The molecule has 0 aromatic heterocycles. The fraction of sp³-hybridized carbons (Fsp3) is 0.333. The van der Waals surface area contributed by atoms with Crippen LogP contribution in [0.3, 0.4) is 0 Å². The number of phenols is 1. The monoisotopic (exact) mass is 253 g/mol. The first kappa shape index (κ1) is 12.3. The highest BCUT2D eigenvalue weighted by molar-refractivity contribution is 5.93. The van der Waals surface area contributed by atoms with Gasteiger partial charge in [-0.2, -0.15) is 0 Å². The number of rotatable bonds is 3. The number of halogens is 1. The highest BCUT2D eigenvalue weighted by Crippen LogP contribution is 2.51. The largest absolute Gasteiger partial charge is 0.508 e. The van der Waals surface area contributed by atoms with Crippen molar-refractivity contribution in [2.75, 3.05) is 7.11 Å².